The van der Waals surface area contributed by atoms with Crippen LogP contribution in [0.15, 0.2) is 0 Å². The van der Waals surface area contributed by atoms with Crippen LogP contribution in [0.1, 0.15) is 37.4 Å². The minimum Gasteiger partial charge on any atom is -0.324 e. The Morgan fingerprint density at radius 3 is 2.93 bits per heavy atom. The number of halogens is 1. The van der Waals surface area contributed by atoms with Crippen molar-refractivity contribution in [1.29, 1.82) is 0 Å². The van der Waals surface area contributed by atoms with Crippen molar-refractivity contribution in [2.24, 2.45) is 5.73 Å². The molecule has 1 atom stereocenters. The second-order valence-corrected chi connectivity index (χ2v) is 4.74. The Kier molecular flexibility index (Phi) is 1.67. The minimum absolute atomic E-state index is 0.00542. The summed E-state index contributed by atoms with van der Waals surface area (Å²) in [5.74, 6) is 1.37. The first kappa shape index (κ1) is 8.68. The average Bonchev–Trinajstić information content (AvgIpc) is 2.83. The van der Waals surface area contributed by atoms with Gasteiger partial charge in [-0.1, -0.05) is 0 Å². The summed E-state index contributed by atoms with van der Waals surface area (Å²) in [6.07, 6.45) is 4.49. The van der Waals surface area contributed by atoms with Crippen molar-refractivity contribution < 1.29 is 0 Å². The molecule has 1 aromatic rings. The van der Waals surface area contributed by atoms with Crippen molar-refractivity contribution in [2.45, 2.75) is 43.7 Å². The van der Waals surface area contributed by atoms with E-state index in [4.69, 9.17) is 17.3 Å². The molecule has 2 N–H and O–H groups in total. The fourth-order valence-electron chi connectivity index (χ4n) is 2.38. The van der Waals surface area contributed by atoms with Gasteiger partial charge in [0.25, 0.3) is 0 Å². The van der Waals surface area contributed by atoms with Crippen molar-refractivity contribution in [1.82, 2.24) is 14.8 Å². The monoisotopic (exact) mass is 212 g/mol. The van der Waals surface area contributed by atoms with Crippen molar-refractivity contribution in [3.05, 3.63) is 11.1 Å². The van der Waals surface area contributed by atoms with E-state index in [0.717, 1.165) is 38.1 Å². The predicted octanol–water partition coefficient (Wildman–Crippen LogP) is 1.30. The molecule has 5 heteroatoms. The number of hydrogen-bond donors (Lipinski definition) is 1. The Hall–Kier alpha value is -0.610. The lowest BCUT2D eigenvalue weighted by atomic mass is 9.89. The molecular formula is C9H13ClN4. The molecule has 2 heterocycles. The summed E-state index contributed by atoms with van der Waals surface area (Å²) in [6, 6.07) is 0. The molecule has 3 rings (SSSR count). The SMILES string of the molecule is NC1(C2CCCn3c(Cl)nnc32)CC1. The zero-order chi connectivity index (χ0) is 9.76. The van der Waals surface area contributed by atoms with Crippen LogP contribution in [0.5, 0.6) is 0 Å². The second-order valence-electron chi connectivity index (χ2n) is 4.41. The molecule has 1 saturated carbocycles. The highest BCUT2D eigenvalue weighted by molar-refractivity contribution is 6.28. The molecule has 4 nitrogen and oxygen atoms in total. The summed E-state index contributed by atoms with van der Waals surface area (Å²) < 4.78 is 2.00. The largest absolute Gasteiger partial charge is 0.324 e. The number of hydrogen-bond acceptors (Lipinski definition) is 3. The molecule has 1 aliphatic heterocycles. The first-order valence-corrected chi connectivity index (χ1v) is 5.46. The molecule has 1 unspecified atom stereocenters. The molecule has 2 aliphatic rings. The third-order valence-electron chi connectivity index (χ3n) is 3.44. The van der Waals surface area contributed by atoms with Crippen molar-refractivity contribution in [3.8, 4) is 0 Å². The summed E-state index contributed by atoms with van der Waals surface area (Å²) in [7, 11) is 0. The maximum Gasteiger partial charge on any atom is 0.225 e. The standard InChI is InChI=1S/C9H13ClN4/c10-8-13-12-7-6(9(11)3-4-9)2-1-5-14(7)8/h6H,1-5,11H2. The van der Waals surface area contributed by atoms with Crippen LogP contribution in [0.4, 0.5) is 0 Å². The van der Waals surface area contributed by atoms with Crippen LogP contribution < -0.4 is 5.73 Å². The fourth-order valence-corrected chi connectivity index (χ4v) is 2.59. The molecular weight excluding hydrogens is 200 g/mol. The predicted molar refractivity (Wildman–Crippen MR) is 53.2 cm³/mol. The van der Waals surface area contributed by atoms with Crippen LogP contribution in [-0.2, 0) is 6.54 Å². The van der Waals surface area contributed by atoms with Gasteiger partial charge in [-0.2, -0.15) is 0 Å². The van der Waals surface area contributed by atoms with Crippen molar-refractivity contribution in [2.75, 3.05) is 0 Å². The molecule has 0 amide bonds. The third-order valence-corrected chi connectivity index (χ3v) is 3.72. The quantitative estimate of drug-likeness (QED) is 0.764. The molecule has 0 bridgehead atoms. The van der Waals surface area contributed by atoms with E-state index >= 15 is 0 Å². The highest BCUT2D eigenvalue weighted by Gasteiger charge is 2.49. The molecule has 14 heavy (non-hydrogen) atoms. The maximum absolute atomic E-state index is 6.22. The third kappa shape index (κ3) is 1.10. The first-order chi connectivity index (χ1) is 6.71. The van der Waals surface area contributed by atoms with Crippen LogP contribution in [0.25, 0.3) is 0 Å². The second kappa shape index (κ2) is 2.70. The van der Waals surface area contributed by atoms with E-state index in [-0.39, 0.29) is 5.54 Å². The molecule has 76 valence electrons. The Morgan fingerprint density at radius 1 is 1.43 bits per heavy atom. The van der Waals surface area contributed by atoms with Gasteiger partial charge in [0, 0.05) is 18.0 Å². The van der Waals surface area contributed by atoms with Crippen LogP contribution in [0, 0.1) is 0 Å². The topological polar surface area (TPSA) is 56.7 Å². The Balaban J connectivity index is 2.03. The van der Waals surface area contributed by atoms with E-state index in [2.05, 4.69) is 10.2 Å². The number of aromatic nitrogens is 3. The van der Waals surface area contributed by atoms with E-state index in [1.165, 1.54) is 0 Å². The highest BCUT2D eigenvalue weighted by atomic mass is 35.5. The van der Waals surface area contributed by atoms with Gasteiger partial charge in [-0.05, 0) is 37.3 Å². The molecule has 1 aliphatic carbocycles. The van der Waals surface area contributed by atoms with Gasteiger partial charge in [0.15, 0.2) is 0 Å². The maximum atomic E-state index is 6.22. The van der Waals surface area contributed by atoms with Crippen molar-refractivity contribution in [3.63, 3.8) is 0 Å². The highest BCUT2D eigenvalue weighted by Crippen LogP contribution is 2.48. The zero-order valence-electron chi connectivity index (χ0n) is 7.91. The van der Waals surface area contributed by atoms with Gasteiger partial charge >= 0.3 is 0 Å². The van der Waals surface area contributed by atoms with Gasteiger partial charge in [-0.3, -0.25) is 0 Å². The summed E-state index contributed by atoms with van der Waals surface area (Å²) in [5.41, 5.74) is 6.22. The van der Waals surface area contributed by atoms with E-state index in [9.17, 15) is 0 Å². The smallest absolute Gasteiger partial charge is 0.225 e. The molecule has 0 radical (unpaired) electrons. The zero-order valence-corrected chi connectivity index (χ0v) is 8.67. The molecule has 0 aromatic carbocycles. The van der Waals surface area contributed by atoms with Crippen LogP contribution in [-0.4, -0.2) is 20.3 Å². The molecule has 1 fully saturated rings. The summed E-state index contributed by atoms with van der Waals surface area (Å²) >= 11 is 5.94. The van der Waals surface area contributed by atoms with E-state index in [0.29, 0.717) is 11.2 Å². The lowest BCUT2D eigenvalue weighted by Crippen LogP contribution is -2.34. The number of nitrogens with two attached hydrogens (primary N) is 1. The van der Waals surface area contributed by atoms with Gasteiger partial charge in [0.1, 0.15) is 5.82 Å². The van der Waals surface area contributed by atoms with Crippen molar-refractivity contribution >= 4 is 11.6 Å². The number of nitrogens with zero attached hydrogens (tertiary/aromatic N) is 3. The first-order valence-electron chi connectivity index (χ1n) is 5.08. The van der Waals surface area contributed by atoms with Crippen LogP contribution >= 0.6 is 11.6 Å². The Bertz CT molecular complexity index is 369. The lowest BCUT2D eigenvalue weighted by molar-refractivity contribution is 0.379. The van der Waals surface area contributed by atoms with E-state index < -0.39 is 0 Å². The van der Waals surface area contributed by atoms with Crippen LogP contribution in [0.2, 0.25) is 5.28 Å². The van der Waals surface area contributed by atoms with Gasteiger partial charge in [0.05, 0.1) is 0 Å². The molecule has 0 spiro atoms. The molecule has 0 saturated heterocycles. The summed E-state index contributed by atoms with van der Waals surface area (Å²) in [6.45, 7) is 0.938. The minimum atomic E-state index is -0.00542. The van der Waals surface area contributed by atoms with Crippen LogP contribution in [0.3, 0.4) is 0 Å². The Morgan fingerprint density at radius 2 is 2.21 bits per heavy atom. The Labute approximate surface area is 87.4 Å². The summed E-state index contributed by atoms with van der Waals surface area (Å²) in [4.78, 5) is 0. The fraction of sp³-hybridized carbons (Fsp3) is 0.778. The summed E-state index contributed by atoms with van der Waals surface area (Å²) in [5, 5.41) is 8.57. The van der Waals surface area contributed by atoms with E-state index in [1.807, 2.05) is 4.57 Å². The number of rotatable bonds is 1. The van der Waals surface area contributed by atoms with Gasteiger partial charge in [-0.25, -0.2) is 0 Å². The van der Waals surface area contributed by atoms with Gasteiger partial charge in [-0.15, -0.1) is 10.2 Å². The van der Waals surface area contributed by atoms with Gasteiger partial charge < -0.3 is 10.3 Å². The van der Waals surface area contributed by atoms with Gasteiger partial charge in [0.2, 0.25) is 5.28 Å². The molecule has 1 aromatic heterocycles. The average molecular weight is 213 g/mol. The van der Waals surface area contributed by atoms with E-state index in [1.54, 1.807) is 0 Å². The normalized spacial score (nSPS) is 28.6. The number of fused-ring (bicyclic) bond motifs is 1. The lowest BCUT2D eigenvalue weighted by Gasteiger charge is -2.27.